The van der Waals surface area contributed by atoms with E-state index in [9.17, 15) is 18.7 Å². The predicted molar refractivity (Wildman–Crippen MR) is 60.8 cm³/mol. The van der Waals surface area contributed by atoms with Crippen molar-refractivity contribution in [2.24, 2.45) is 5.92 Å². The molecule has 0 saturated heterocycles. The fourth-order valence-electron chi connectivity index (χ4n) is 2.01. The summed E-state index contributed by atoms with van der Waals surface area (Å²) in [4.78, 5) is 11.6. The molecular formula is C12H21F2NO2. The highest BCUT2D eigenvalue weighted by molar-refractivity contribution is 5.78. The van der Waals surface area contributed by atoms with Gasteiger partial charge in [-0.1, -0.05) is 6.92 Å². The lowest BCUT2D eigenvalue weighted by atomic mass is 9.86. The number of halogens is 2. The fraction of sp³-hybridized carbons (Fsp3) is 0.917. The molecule has 1 aliphatic carbocycles. The smallest absolute Gasteiger partial charge is 0.248 e. The maximum Gasteiger partial charge on any atom is 0.248 e. The fourth-order valence-corrected chi connectivity index (χ4v) is 2.01. The quantitative estimate of drug-likeness (QED) is 0.783. The second kappa shape index (κ2) is 6.28. The van der Waals surface area contributed by atoms with Gasteiger partial charge in [0.25, 0.3) is 0 Å². The van der Waals surface area contributed by atoms with Crippen LogP contribution in [0.25, 0.3) is 0 Å². The van der Waals surface area contributed by atoms with Gasteiger partial charge in [-0.3, -0.25) is 4.79 Å². The topological polar surface area (TPSA) is 49.3 Å². The largest absolute Gasteiger partial charge is 0.393 e. The van der Waals surface area contributed by atoms with Crippen LogP contribution in [-0.4, -0.2) is 29.6 Å². The minimum absolute atomic E-state index is 0.149. The number of nitrogens with one attached hydrogen (secondary N) is 1. The van der Waals surface area contributed by atoms with Gasteiger partial charge in [-0.05, 0) is 25.7 Å². The summed E-state index contributed by atoms with van der Waals surface area (Å²) in [6, 6.07) is 0. The molecule has 1 amide bonds. The van der Waals surface area contributed by atoms with E-state index in [0.717, 1.165) is 0 Å². The third-order valence-corrected chi connectivity index (χ3v) is 3.34. The molecule has 0 aromatic heterocycles. The number of amides is 1. The van der Waals surface area contributed by atoms with Gasteiger partial charge in [0, 0.05) is 25.3 Å². The van der Waals surface area contributed by atoms with Gasteiger partial charge in [0.1, 0.15) is 0 Å². The molecular weight excluding hydrogens is 228 g/mol. The van der Waals surface area contributed by atoms with E-state index in [4.69, 9.17) is 0 Å². The van der Waals surface area contributed by atoms with E-state index < -0.39 is 12.0 Å². The SMILES string of the molecule is CCC(O)CCNC(=O)C1CCC(F)(F)CC1. The normalized spacial score (nSPS) is 22.1. The second-order valence-corrected chi connectivity index (χ2v) is 4.77. The van der Waals surface area contributed by atoms with E-state index in [1.165, 1.54) is 0 Å². The first-order valence-corrected chi connectivity index (χ1v) is 6.28. The number of aliphatic hydroxyl groups excluding tert-OH is 1. The maximum atomic E-state index is 12.9. The Bertz CT molecular complexity index is 249. The van der Waals surface area contributed by atoms with E-state index in [2.05, 4.69) is 5.32 Å². The first kappa shape index (κ1) is 14.4. The van der Waals surface area contributed by atoms with Crippen LogP contribution in [0.3, 0.4) is 0 Å². The zero-order valence-electron chi connectivity index (χ0n) is 10.2. The van der Waals surface area contributed by atoms with Crippen molar-refractivity contribution in [3.63, 3.8) is 0 Å². The van der Waals surface area contributed by atoms with E-state index in [1.54, 1.807) is 0 Å². The van der Waals surface area contributed by atoms with Crippen molar-refractivity contribution >= 4 is 5.91 Å². The summed E-state index contributed by atoms with van der Waals surface area (Å²) in [5, 5.41) is 12.0. The Balaban J connectivity index is 2.21. The molecule has 1 aliphatic rings. The Morgan fingerprint density at radius 2 is 2.06 bits per heavy atom. The van der Waals surface area contributed by atoms with Crippen LogP contribution in [0.2, 0.25) is 0 Å². The molecule has 1 rings (SSSR count). The molecule has 1 unspecified atom stereocenters. The Kier molecular flexibility index (Phi) is 5.31. The Labute approximate surface area is 101 Å². The zero-order chi connectivity index (χ0) is 12.9. The Hall–Kier alpha value is -0.710. The zero-order valence-corrected chi connectivity index (χ0v) is 10.2. The summed E-state index contributed by atoms with van der Waals surface area (Å²) in [5.74, 6) is -3.02. The lowest BCUT2D eigenvalue weighted by molar-refractivity contribution is -0.129. The van der Waals surface area contributed by atoms with Gasteiger partial charge in [-0.25, -0.2) is 8.78 Å². The van der Waals surface area contributed by atoms with Crippen molar-refractivity contribution in [2.75, 3.05) is 6.54 Å². The van der Waals surface area contributed by atoms with E-state index in [1.807, 2.05) is 6.92 Å². The summed E-state index contributed by atoms with van der Waals surface area (Å²) in [5.41, 5.74) is 0. The van der Waals surface area contributed by atoms with Crippen molar-refractivity contribution in [1.82, 2.24) is 5.32 Å². The van der Waals surface area contributed by atoms with Gasteiger partial charge in [-0.15, -0.1) is 0 Å². The maximum absolute atomic E-state index is 12.9. The molecule has 17 heavy (non-hydrogen) atoms. The predicted octanol–water partition coefficient (Wildman–Crippen LogP) is 2.09. The number of carbonyl (C=O) groups is 1. The summed E-state index contributed by atoms with van der Waals surface area (Å²) in [6.45, 7) is 2.29. The Morgan fingerprint density at radius 1 is 1.47 bits per heavy atom. The van der Waals surface area contributed by atoms with Crippen LogP contribution in [-0.2, 0) is 4.79 Å². The highest BCUT2D eigenvalue weighted by atomic mass is 19.3. The molecule has 0 bridgehead atoms. The summed E-state index contributed by atoms with van der Waals surface area (Å²) in [7, 11) is 0. The molecule has 0 aromatic carbocycles. The van der Waals surface area contributed by atoms with Crippen LogP contribution in [0.15, 0.2) is 0 Å². The monoisotopic (exact) mass is 249 g/mol. The van der Waals surface area contributed by atoms with Gasteiger partial charge in [0.05, 0.1) is 6.10 Å². The van der Waals surface area contributed by atoms with Crippen molar-refractivity contribution in [1.29, 1.82) is 0 Å². The minimum atomic E-state index is -2.59. The lowest BCUT2D eigenvalue weighted by Gasteiger charge is -2.27. The number of hydrogen-bond acceptors (Lipinski definition) is 2. The summed E-state index contributed by atoms with van der Waals surface area (Å²) in [6.07, 6.45) is 0.915. The molecule has 1 saturated carbocycles. The molecule has 0 aromatic rings. The third-order valence-electron chi connectivity index (χ3n) is 3.34. The lowest BCUT2D eigenvalue weighted by Crippen LogP contribution is -2.37. The van der Waals surface area contributed by atoms with E-state index >= 15 is 0 Å². The van der Waals surface area contributed by atoms with Crippen LogP contribution in [0.5, 0.6) is 0 Å². The highest BCUT2D eigenvalue weighted by Crippen LogP contribution is 2.36. The van der Waals surface area contributed by atoms with Crippen molar-refractivity contribution in [3.05, 3.63) is 0 Å². The molecule has 0 radical (unpaired) electrons. The second-order valence-electron chi connectivity index (χ2n) is 4.77. The molecule has 1 atom stereocenters. The average Bonchev–Trinajstić information content (AvgIpc) is 2.28. The van der Waals surface area contributed by atoms with Crippen LogP contribution >= 0.6 is 0 Å². The molecule has 3 nitrogen and oxygen atoms in total. The third kappa shape index (κ3) is 4.98. The van der Waals surface area contributed by atoms with Crippen LogP contribution in [0.1, 0.15) is 45.4 Å². The van der Waals surface area contributed by atoms with Crippen molar-refractivity contribution in [2.45, 2.75) is 57.5 Å². The van der Waals surface area contributed by atoms with E-state index in [0.29, 0.717) is 19.4 Å². The first-order chi connectivity index (χ1) is 7.94. The van der Waals surface area contributed by atoms with Crippen LogP contribution < -0.4 is 5.32 Å². The van der Waals surface area contributed by atoms with Gasteiger partial charge in [-0.2, -0.15) is 0 Å². The van der Waals surface area contributed by atoms with Crippen LogP contribution in [0.4, 0.5) is 8.78 Å². The van der Waals surface area contributed by atoms with Crippen molar-refractivity contribution in [3.8, 4) is 0 Å². The van der Waals surface area contributed by atoms with Crippen LogP contribution in [0, 0.1) is 5.92 Å². The number of alkyl halides is 2. The van der Waals surface area contributed by atoms with Gasteiger partial charge in [0.2, 0.25) is 11.8 Å². The molecule has 5 heteroatoms. The molecule has 2 N–H and O–H groups in total. The highest BCUT2D eigenvalue weighted by Gasteiger charge is 2.37. The number of aliphatic hydroxyl groups is 1. The van der Waals surface area contributed by atoms with Gasteiger partial charge in [0.15, 0.2) is 0 Å². The first-order valence-electron chi connectivity index (χ1n) is 6.28. The molecule has 0 spiro atoms. The van der Waals surface area contributed by atoms with E-state index in [-0.39, 0.29) is 37.5 Å². The van der Waals surface area contributed by atoms with Gasteiger partial charge < -0.3 is 10.4 Å². The minimum Gasteiger partial charge on any atom is -0.393 e. The van der Waals surface area contributed by atoms with Gasteiger partial charge >= 0.3 is 0 Å². The summed E-state index contributed by atoms with van der Waals surface area (Å²) >= 11 is 0. The molecule has 0 aliphatic heterocycles. The molecule has 100 valence electrons. The Morgan fingerprint density at radius 3 is 2.59 bits per heavy atom. The average molecular weight is 249 g/mol. The molecule has 1 fully saturated rings. The summed E-state index contributed by atoms with van der Waals surface area (Å²) < 4.78 is 25.8. The molecule has 0 heterocycles. The number of hydrogen-bond donors (Lipinski definition) is 2. The number of rotatable bonds is 5. The number of carbonyl (C=O) groups excluding carboxylic acids is 1. The van der Waals surface area contributed by atoms with Crippen molar-refractivity contribution < 1.29 is 18.7 Å². The standard InChI is InChI=1S/C12H21F2NO2/c1-2-10(16)5-8-15-11(17)9-3-6-12(13,14)7-4-9/h9-10,16H,2-8H2,1H3,(H,15,17).